The molecule has 0 fully saturated rings. The van der Waals surface area contributed by atoms with Gasteiger partial charge in [-0.2, -0.15) is 0 Å². The van der Waals surface area contributed by atoms with Gasteiger partial charge in [-0.15, -0.1) is 0 Å². The molecule has 1 aromatic heterocycles. The summed E-state index contributed by atoms with van der Waals surface area (Å²) < 4.78 is 18.3. The van der Waals surface area contributed by atoms with Gasteiger partial charge in [0.15, 0.2) is 0 Å². The molecule has 1 atom stereocenters. The van der Waals surface area contributed by atoms with Gasteiger partial charge in [-0.05, 0) is 17.7 Å². The fourth-order valence-corrected chi connectivity index (χ4v) is 2.71. The zero-order valence-electron chi connectivity index (χ0n) is 14.6. The zero-order chi connectivity index (χ0) is 20.1. The number of hydrogen-bond acceptors (Lipinski definition) is 5. The molecule has 0 radical (unpaired) electrons. The second-order valence-corrected chi connectivity index (χ2v) is 6.03. The van der Waals surface area contributed by atoms with Gasteiger partial charge in [0, 0.05) is 12.0 Å². The van der Waals surface area contributed by atoms with E-state index in [9.17, 15) is 18.8 Å². The minimum absolute atomic E-state index is 0.000863. The molecule has 2 aromatic carbocycles. The number of halogens is 1. The summed E-state index contributed by atoms with van der Waals surface area (Å²) >= 11 is 0. The molecule has 142 valence electrons. The Bertz CT molecular complexity index is 1020. The number of nitrogens with one attached hydrogen (secondary N) is 1. The molecule has 0 aliphatic heterocycles. The third-order valence-corrected chi connectivity index (χ3v) is 4.06. The lowest BCUT2D eigenvalue weighted by molar-refractivity contribution is -0.137. The van der Waals surface area contributed by atoms with Gasteiger partial charge in [0.05, 0.1) is 0 Å². The van der Waals surface area contributed by atoms with Gasteiger partial charge < -0.3 is 15.6 Å². The normalized spacial score (nSPS) is 11.6. The van der Waals surface area contributed by atoms with Crippen LogP contribution in [-0.4, -0.2) is 28.8 Å². The van der Waals surface area contributed by atoms with Crippen LogP contribution >= 0.6 is 0 Å². The highest BCUT2D eigenvalue weighted by Crippen LogP contribution is 2.23. The van der Waals surface area contributed by atoms with Crippen molar-refractivity contribution in [2.75, 3.05) is 0 Å². The molecular weight excluding hydrogens is 365 g/mol. The molecule has 0 bridgehead atoms. The van der Waals surface area contributed by atoms with Crippen LogP contribution in [0, 0.1) is 5.82 Å². The predicted molar refractivity (Wildman–Crippen MR) is 97.5 cm³/mol. The van der Waals surface area contributed by atoms with Gasteiger partial charge >= 0.3 is 0 Å². The van der Waals surface area contributed by atoms with E-state index < -0.39 is 29.5 Å². The van der Waals surface area contributed by atoms with E-state index in [1.165, 1.54) is 18.2 Å². The average molecular weight is 381 g/mol. The number of primary amides is 1. The summed E-state index contributed by atoms with van der Waals surface area (Å²) in [5.41, 5.74) is 6.29. The predicted octanol–water partition coefficient (Wildman–Crippen LogP) is 1.88. The highest BCUT2D eigenvalue weighted by atomic mass is 19.1. The number of rotatable bonds is 7. The molecule has 28 heavy (non-hydrogen) atoms. The molecule has 0 spiro atoms. The van der Waals surface area contributed by atoms with E-state index in [1.807, 2.05) is 0 Å². The van der Waals surface area contributed by atoms with Gasteiger partial charge in [0.2, 0.25) is 5.78 Å². The van der Waals surface area contributed by atoms with Crippen molar-refractivity contribution in [3.05, 3.63) is 77.8 Å². The molecule has 1 unspecified atom stereocenters. The van der Waals surface area contributed by atoms with Crippen LogP contribution in [0.15, 0.2) is 65.4 Å². The van der Waals surface area contributed by atoms with E-state index in [0.717, 1.165) is 11.8 Å². The maximum atomic E-state index is 13.5. The number of nitrogens with zero attached hydrogens (tertiary/aromatic N) is 1. The lowest BCUT2D eigenvalue weighted by Crippen LogP contribution is -2.47. The first kappa shape index (κ1) is 19.0. The molecule has 3 rings (SSSR count). The summed E-state index contributed by atoms with van der Waals surface area (Å²) in [4.78, 5) is 36.3. The number of Topliss-reactive ketones (excluding diaryl/α,β-unsaturated/α-hetero) is 1. The summed E-state index contributed by atoms with van der Waals surface area (Å²) in [6.45, 7) is 0. The van der Waals surface area contributed by atoms with Crippen LogP contribution in [0.1, 0.15) is 15.9 Å². The molecule has 1 heterocycles. The number of nitrogens with two attached hydrogens (primary N) is 1. The molecule has 7 nitrogen and oxygen atoms in total. The van der Waals surface area contributed by atoms with E-state index in [4.69, 9.17) is 10.3 Å². The number of ketones is 1. The molecule has 3 N–H and O–H groups in total. The van der Waals surface area contributed by atoms with E-state index in [1.54, 1.807) is 36.4 Å². The minimum atomic E-state index is -1.16. The zero-order valence-corrected chi connectivity index (χ0v) is 14.6. The van der Waals surface area contributed by atoms with E-state index >= 15 is 0 Å². The van der Waals surface area contributed by atoms with E-state index in [-0.39, 0.29) is 17.7 Å². The highest BCUT2D eigenvalue weighted by Gasteiger charge is 2.28. The SMILES string of the molecule is NC(=O)C(=O)C(Cc1ccccc1)NC(=O)c1conc1-c1cccc(F)c1. The highest BCUT2D eigenvalue weighted by molar-refractivity contribution is 6.38. The second kappa shape index (κ2) is 8.26. The first-order valence-corrected chi connectivity index (χ1v) is 8.34. The van der Waals surface area contributed by atoms with Crippen LogP contribution in [0.2, 0.25) is 0 Å². The fourth-order valence-electron chi connectivity index (χ4n) is 2.71. The van der Waals surface area contributed by atoms with Crippen LogP contribution in [-0.2, 0) is 16.0 Å². The molecule has 8 heteroatoms. The fraction of sp³-hybridized carbons (Fsp3) is 0.100. The maximum absolute atomic E-state index is 13.5. The van der Waals surface area contributed by atoms with Gasteiger partial charge in [-0.25, -0.2) is 4.39 Å². The van der Waals surface area contributed by atoms with Gasteiger partial charge in [-0.3, -0.25) is 14.4 Å². The Morgan fingerprint density at radius 2 is 1.86 bits per heavy atom. The first-order valence-electron chi connectivity index (χ1n) is 8.34. The van der Waals surface area contributed by atoms with Crippen molar-refractivity contribution in [2.45, 2.75) is 12.5 Å². The van der Waals surface area contributed by atoms with E-state index in [0.29, 0.717) is 5.56 Å². The van der Waals surface area contributed by atoms with Crippen molar-refractivity contribution >= 4 is 17.6 Å². The van der Waals surface area contributed by atoms with Crippen molar-refractivity contribution in [2.24, 2.45) is 5.73 Å². The molecule has 2 amide bonds. The largest absolute Gasteiger partial charge is 0.363 e. The lowest BCUT2D eigenvalue weighted by atomic mass is 10.0. The van der Waals surface area contributed by atoms with E-state index in [2.05, 4.69) is 10.5 Å². The summed E-state index contributed by atoms with van der Waals surface area (Å²) in [6.07, 6.45) is 1.17. The van der Waals surface area contributed by atoms with Crippen molar-refractivity contribution < 1.29 is 23.3 Å². The lowest BCUT2D eigenvalue weighted by Gasteiger charge is -2.16. The van der Waals surface area contributed by atoms with Crippen LogP contribution in [0.25, 0.3) is 11.3 Å². The number of aromatic nitrogens is 1. The molecule has 3 aromatic rings. The molecular formula is C20H16FN3O4. The number of hydrogen-bond donors (Lipinski definition) is 2. The van der Waals surface area contributed by atoms with Gasteiger partial charge in [0.1, 0.15) is 29.4 Å². The summed E-state index contributed by atoms with van der Waals surface area (Å²) in [6, 6.07) is 13.2. The standard InChI is InChI=1S/C20H16FN3O4/c21-14-8-4-7-13(10-14)17-15(11-28-24-17)20(27)23-16(18(25)19(22)26)9-12-5-2-1-3-6-12/h1-8,10-11,16H,9H2,(H2,22,26)(H,23,27). The Balaban J connectivity index is 1.86. The molecule has 0 saturated heterocycles. The van der Waals surface area contributed by atoms with Crippen LogP contribution in [0.3, 0.4) is 0 Å². The van der Waals surface area contributed by atoms with Gasteiger partial charge in [0.25, 0.3) is 11.8 Å². The molecule has 0 aliphatic carbocycles. The van der Waals surface area contributed by atoms with Crippen molar-refractivity contribution in [1.82, 2.24) is 10.5 Å². The number of amides is 2. The minimum Gasteiger partial charge on any atom is -0.363 e. The average Bonchev–Trinajstić information content (AvgIpc) is 3.17. The Kier molecular flexibility index (Phi) is 5.59. The smallest absolute Gasteiger partial charge is 0.287 e. The number of carbonyl (C=O) groups is 3. The quantitative estimate of drug-likeness (QED) is 0.606. The monoisotopic (exact) mass is 381 g/mol. The molecule has 0 aliphatic rings. The summed E-state index contributed by atoms with van der Waals surface area (Å²) in [7, 11) is 0. The van der Waals surface area contributed by atoms with Gasteiger partial charge in [-0.1, -0.05) is 47.6 Å². The van der Waals surface area contributed by atoms with Crippen molar-refractivity contribution in [3.8, 4) is 11.3 Å². The van der Waals surface area contributed by atoms with Crippen LogP contribution in [0.5, 0.6) is 0 Å². The third kappa shape index (κ3) is 4.29. The topological polar surface area (TPSA) is 115 Å². The first-order chi connectivity index (χ1) is 13.5. The Hall–Kier alpha value is -3.81. The van der Waals surface area contributed by atoms with Crippen molar-refractivity contribution in [1.29, 1.82) is 0 Å². The Morgan fingerprint density at radius 1 is 1.11 bits per heavy atom. The number of benzene rings is 2. The maximum Gasteiger partial charge on any atom is 0.287 e. The van der Waals surface area contributed by atoms with Crippen LogP contribution in [0.4, 0.5) is 4.39 Å². The Labute approximate surface area is 159 Å². The number of carbonyl (C=O) groups excluding carboxylic acids is 3. The van der Waals surface area contributed by atoms with Crippen LogP contribution < -0.4 is 11.1 Å². The summed E-state index contributed by atoms with van der Waals surface area (Å²) in [5.74, 6) is -3.29. The Morgan fingerprint density at radius 3 is 2.54 bits per heavy atom. The van der Waals surface area contributed by atoms with Crippen molar-refractivity contribution in [3.63, 3.8) is 0 Å². The molecule has 0 saturated carbocycles. The summed E-state index contributed by atoms with van der Waals surface area (Å²) in [5, 5.41) is 6.23. The second-order valence-electron chi connectivity index (χ2n) is 6.03. The third-order valence-electron chi connectivity index (χ3n) is 4.06.